The van der Waals surface area contributed by atoms with E-state index in [2.05, 4.69) is 10.3 Å². The van der Waals surface area contributed by atoms with Gasteiger partial charge in [0.25, 0.3) is 5.91 Å². The van der Waals surface area contributed by atoms with Crippen molar-refractivity contribution < 1.29 is 18.7 Å². The summed E-state index contributed by atoms with van der Waals surface area (Å²) in [5.41, 5.74) is 3.21. The van der Waals surface area contributed by atoms with Gasteiger partial charge in [-0.2, -0.15) is 0 Å². The number of hydrogen-bond donors (Lipinski definition) is 1. The minimum atomic E-state index is -0.258. The van der Waals surface area contributed by atoms with Crippen LogP contribution in [-0.4, -0.2) is 25.1 Å². The minimum absolute atomic E-state index is 0.258. The van der Waals surface area contributed by atoms with E-state index in [-0.39, 0.29) is 5.91 Å². The molecule has 1 heterocycles. The highest BCUT2D eigenvalue weighted by Crippen LogP contribution is 2.29. The van der Waals surface area contributed by atoms with Gasteiger partial charge in [0.2, 0.25) is 5.89 Å². The lowest BCUT2D eigenvalue weighted by Crippen LogP contribution is -2.13. The van der Waals surface area contributed by atoms with E-state index in [1.54, 1.807) is 32.4 Å². The van der Waals surface area contributed by atoms with Crippen LogP contribution in [0.25, 0.3) is 33.3 Å². The Kier molecular flexibility index (Phi) is 4.95. The van der Waals surface area contributed by atoms with Gasteiger partial charge in [0.05, 0.1) is 19.8 Å². The molecule has 0 aliphatic rings. The van der Waals surface area contributed by atoms with Gasteiger partial charge in [0.15, 0.2) is 5.58 Å². The zero-order valence-corrected chi connectivity index (χ0v) is 17.6. The maximum atomic E-state index is 13.0. The Hall–Kier alpha value is -4.32. The van der Waals surface area contributed by atoms with Crippen molar-refractivity contribution in [1.82, 2.24) is 4.98 Å². The summed E-state index contributed by atoms with van der Waals surface area (Å²) in [5.74, 6) is 1.53. The fourth-order valence-electron chi connectivity index (χ4n) is 3.63. The molecule has 0 radical (unpaired) electrons. The van der Waals surface area contributed by atoms with Gasteiger partial charge in [-0.05, 0) is 65.4 Å². The van der Waals surface area contributed by atoms with E-state index >= 15 is 0 Å². The number of rotatable bonds is 5. The third-order valence-corrected chi connectivity index (χ3v) is 5.29. The molecule has 0 spiro atoms. The number of amides is 1. The van der Waals surface area contributed by atoms with Gasteiger partial charge >= 0.3 is 0 Å². The first-order valence-electron chi connectivity index (χ1n) is 10.1. The molecular weight excluding hydrogens is 404 g/mol. The van der Waals surface area contributed by atoms with Gasteiger partial charge in [-0.25, -0.2) is 4.98 Å². The van der Waals surface area contributed by atoms with E-state index in [0.717, 1.165) is 22.1 Å². The van der Waals surface area contributed by atoms with E-state index in [1.807, 2.05) is 60.7 Å². The largest absolute Gasteiger partial charge is 0.497 e. The lowest BCUT2D eigenvalue weighted by Gasteiger charge is -2.11. The molecule has 0 saturated heterocycles. The molecule has 0 unspecified atom stereocenters. The first-order chi connectivity index (χ1) is 15.6. The number of anilines is 1. The normalized spacial score (nSPS) is 10.9. The summed E-state index contributed by atoms with van der Waals surface area (Å²) in [6.07, 6.45) is 0. The number of carbonyl (C=O) groups excluding carboxylic acids is 1. The van der Waals surface area contributed by atoms with Crippen molar-refractivity contribution in [2.24, 2.45) is 0 Å². The number of benzene rings is 4. The first-order valence-corrected chi connectivity index (χ1v) is 10.1. The van der Waals surface area contributed by atoms with E-state index in [9.17, 15) is 4.79 Å². The summed E-state index contributed by atoms with van der Waals surface area (Å²) in [7, 11) is 3.18. The second kappa shape index (κ2) is 8.07. The molecule has 32 heavy (non-hydrogen) atoms. The van der Waals surface area contributed by atoms with Gasteiger partial charge in [-0.15, -0.1) is 0 Å². The molecule has 0 atom stereocenters. The predicted molar refractivity (Wildman–Crippen MR) is 124 cm³/mol. The highest BCUT2D eigenvalue weighted by atomic mass is 16.5. The average molecular weight is 424 g/mol. The van der Waals surface area contributed by atoms with Crippen LogP contribution in [0.3, 0.4) is 0 Å². The van der Waals surface area contributed by atoms with Crippen molar-refractivity contribution in [2.75, 3.05) is 19.5 Å². The summed E-state index contributed by atoms with van der Waals surface area (Å²) < 4.78 is 16.5. The second-order valence-electron chi connectivity index (χ2n) is 7.28. The number of aromatic nitrogens is 1. The average Bonchev–Trinajstić information content (AvgIpc) is 3.26. The highest BCUT2D eigenvalue weighted by Gasteiger charge is 2.15. The number of fused-ring (bicyclic) bond motifs is 2. The van der Waals surface area contributed by atoms with Crippen molar-refractivity contribution in [3.63, 3.8) is 0 Å². The molecule has 6 nitrogen and oxygen atoms in total. The molecule has 0 saturated carbocycles. The van der Waals surface area contributed by atoms with Gasteiger partial charge in [0, 0.05) is 11.3 Å². The third kappa shape index (κ3) is 3.63. The molecule has 0 bridgehead atoms. The number of nitrogens with one attached hydrogen (secondary N) is 1. The Morgan fingerprint density at radius 1 is 0.875 bits per heavy atom. The Balaban J connectivity index is 1.44. The molecule has 4 aromatic carbocycles. The van der Waals surface area contributed by atoms with E-state index < -0.39 is 0 Å². The van der Waals surface area contributed by atoms with Crippen LogP contribution in [0.5, 0.6) is 11.5 Å². The number of methoxy groups -OCH3 is 2. The molecule has 0 fully saturated rings. The van der Waals surface area contributed by atoms with E-state index in [1.165, 1.54) is 0 Å². The summed E-state index contributed by atoms with van der Waals surface area (Å²) in [6.45, 7) is 0. The first kappa shape index (κ1) is 19.6. The van der Waals surface area contributed by atoms with Crippen molar-refractivity contribution in [3.05, 3.63) is 84.4 Å². The molecule has 5 aromatic rings. The molecule has 5 rings (SSSR count). The van der Waals surface area contributed by atoms with E-state index in [4.69, 9.17) is 13.9 Å². The Morgan fingerprint density at radius 2 is 1.62 bits per heavy atom. The van der Waals surface area contributed by atoms with Gasteiger partial charge in [-0.1, -0.05) is 24.3 Å². The van der Waals surface area contributed by atoms with Crippen molar-refractivity contribution >= 4 is 33.5 Å². The van der Waals surface area contributed by atoms with Crippen LogP contribution in [0.4, 0.5) is 5.69 Å². The van der Waals surface area contributed by atoms with Gasteiger partial charge < -0.3 is 19.2 Å². The maximum Gasteiger partial charge on any atom is 0.259 e. The van der Waals surface area contributed by atoms with Crippen LogP contribution >= 0.6 is 0 Å². The fourth-order valence-corrected chi connectivity index (χ4v) is 3.63. The molecule has 158 valence electrons. The molecule has 0 aliphatic carbocycles. The fraction of sp³-hybridized carbons (Fsp3) is 0.0769. The zero-order valence-electron chi connectivity index (χ0n) is 17.6. The quantitative estimate of drug-likeness (QED) is 0.379. The summed E-state index contributed by atoms with van der Waals surface area (Å²) >= 11 is 0. The van der Waals surface area contributed by atoms with Crippen LogP contribution < -0.4 is 14.8 Å². The second-order valence-corrected chi connectivity index (χ2v) is 7.28. The summed E-state index contributed by atoms with van der Waals surface area (Å²) in [4.78, 5) is 17.6. The standard InChI is InChI=1S/C26H20N2O4/c1-30-20-10-7-16(8-11-20)26-28-22-15-19(9-12-23(22)32-26)27-25(29)21-13-17-5-3-4-6-18(17)14-24(21)31-2/h3-15H,1-2H3,(H,27,29). The van der Waals surface area contributed by atoms with Crippen molar-refractivity contribution in [3.8, 4) is 23.0 Å². The molecule has 6 heteroatoms. The molecule has 1 aromatic heterocycles. The summed E-state index contributed by atoms with van der Waals surface area (Å²) in [6, 6.07) is 24.4. The minimum Gasteiger partial charge on any atom is -0.497 e. The SMILES string of the molecule is COc1ccc(-c2nc3cc(NC(=O)c4cc5ccccc5cc4OC)ccc3o2)cc1. The number of ether oxygens (including phenoxy) is 2. The van der Waals surface area contributed by atoms with Crippen LogP contribution in [0.1, 0.15) is 10.4 Å². The predicted octanol–water partition coefficient (Wildman–Crippen LogP) is 5.92. The Morgan fingerprint density at radius 3 is 2.34 bits per heavy atom. The number of hydrogen-bond acceptors (Lipinski definition) is 5. The maximum absolute atomic E-state index is 13.0. The van der Waals surface area contributed by atoms with Crippen LogP contribution in [0, 0.1) is 0 Å². The third-order valence-electron chi connectivity index (χ3n) is 5.29. The van der Waals surface area contributed by atoms with Crippen LogP contribution in [0.15, 0.2) is 83.3 Å². The topological polar surface area (TPSA) is 73.6 Å². The highest BCUT2D eigenvalue weighted by molar-refractivity contribution is 6.09. The van der Waals surface area contributed by atoms with Gasteiger partial charge in [0.1, 0.15) is 17.0 Å². The van der Waals surface area contributed by atoms with E-state index in [0.29, 0.717) is 34.0 Å². The Labute approximate surface area is 184 Å². The van der Waals surface area contributed by atoms with Crippen molar-refractivity contribution in [1.29, 1.82) is 0 Å². The monoisotopic (exact) mass is 424 g/mol. The lowest BCUT2D eigenvalue weighted by molar-refractivity contribution is 0.102. The van der Waals surface area contributed by atoms with Gasteiger partial charge in [-0.3, -0.25) is 4.79 Å². The molecule has 1 amide bonds. The number of carbonyl (C=O) groups is 1. The number of oxazole rings is 1. The van der Waals surface area contributed by atoms with Crippen LogP contribution in [-0.2, 0) is 0 Å². The smallest absolute Gasteiger partial charge is 0.259 e. The summed E-state index contributed by atoms with van der Waals surface area (Å²) in [5, 5.41) is 4.91. The van der Waals surface area contributed by atoms with Crippen LogP contribution in [0.2, 0.25) is 0 Å². The number of nitrogens with zero attached hydrogens (tertiary/aromatic N) is 1. The molecular formula is C26H20N2O4. The molecule has 0 aliphatic heterocycles. The lowest BCUT2D eigenvalue weighted by atomic mass is 10.1. The Bertz CT molecular complexity index is 1440. The molecule has 1 N–H and O–H groups in total. The van der Waals surface area contributed by atoms with Crippen molar-refractivity contribution in [2.45, 2.75) is 0 Å². The zero-order chi connectivity index (χ0) is 22.1.